The second kappa shape index (κ2) is 6.10. The Morgan fingerprint density at radius 2 is 2.14 bits per heavy atom. The Kier molecular flexibility index (Phi) is 4.79. The van der Waals surface area contributed by atoms with Gasteiger partial charge in [0.05, 0.1) is 34.4 Å². The maximum absolute atomic E-state index is 12.7. The van der Waals surface area contributed by atoms with Gasteiger partial charge in [0.15, 0.2) is 0 Å². The maximum Gasteiger partial charge on any atom is 0.243 e. The lowest BCUT2D eigenvalue weighted by Crippen LogP contribution is -2.50. The SMILES string of the molecule is Cc1cc(S(=O)(=O)N2CC(C)OC(CO)C2)cc(N)c1Cl. The molecule has 1 aromatic carbocycles. The van der Waals surface area contributed by atoms with Gasteiger partial charge in [0.1, 0.15) is 0 Å². The van der Waals surface area contributed by atoms with Crippen molar-refractivity contribution >= 4 is 27.3 Å². The molecule has 2 atom stereocenters. The third-order valence-corrected chi connectivity index (χ3v) is 5.72. The normalized spacial score (nSPS) is 24.2. The minimum absolute atomic E-state index is 0.104. The van der Waals surface area contributed by atoms with Crippen molar-refractivity contribution < 1.29 is 18.3 Å². The summed E-state index contributed by atoms with van der Waals surface area (Å²) in [5, 5.41) is 9.56. The van der Waals surface area contributed by atoms with Crippen molar-refractivity contribution in [3.8, 4) is 0 Å². The number of hydrogen-bond acceptors (Lipinski definition) is 5. The van der Waals surface area contributed by atoms with E-state index in [1.54, 1.807) is 13.8 Å². The van der Waals surface area contributed by atoms with E-state index in [4.69, 9.17) is 22.1 Å². The summed E-state index contributed by atoms with van der Waals surface area (Å²) in [4.78, 5) is 0.104. The largest absolute Gasteiger partial charge is 0.397 e. The quantitative estimate of drug-likeness (QED) is 0.804. The fourth-order valence-electron chi connectivity index (χ4n) is 2.36. The van der Waals surface area contributed by atoms with Crippen molar-refractivity contribution in [2.24, 2.45) is 0 Å². The third-order valence-electron chi connectivity index (χ3n) is 3.39. The van der Waals surface area contributed by atoms with Crippen molar-refractivity contribution in [3.05, 3.63) is 22.7 Å². The number of rotatable bonds is 3. The van der Waals surface area contributed by atoms with Gasteiger partial charge in [-0.2, -0.15) is 4.31 Å². The van der Waals surface area contributed by atoms with Gasteiger partial charge in [-0.05, 0) is 31.5 Å². The lowest BCUT2D eigenvalue weighted by atomic mass is 10.2. The van der Waals surface area contributed by atoms with Gasteiger partial charge in [-0.25, -0.2) is 8.42 Å². The van der Waals surface area contributed by atoms with Crippen LogP contribution >= 0.6 is 11.6 Å². The number of benzene rings is 1. The first-order chi connectivity index (χ1) is 9.75. The molecule has 1 heterocycles. The second-order valence-corrected chi connectivity index (χ2v) is 7.53. The highest BCUT2D eigenvalue weighted by molar-refractivity contribution is 7.89. The maximum atomic E-state index is 12.7. The molecule has 1 aliphatic rings. The van der Waals surface area contributed by atoms with Crippen LogP contribution in [0.4, 0.5) is 5.69 Å². The van der Waals surface area contributed by atoms with E-state index >= 15 is 0 Å². The summed E-state index contributed by atoms with van der Waals surface area (Å²) in [7, 11) is -3.70. The zero-order valence-corrected chi connectivity index (χ0v) is 13.5. The van der Waals surface area contributed by atoms with Gasteiger partial charge in [-0.1, -0.05) is 11.6 Å². The zero-order valence-electron chi connectivity index (χ0n) is 11.9. The smallest absolute Gasteiger partial charge is 0.243 e. The number of nitrogens with zero attached hydrogens (tertiary/aromatic N) is 1. The minimum Gasteiger partial charge on any atom is -0.397 e. The number of morpholine rings is 1. The van der Waals surface area contributed by atoms with Crippen LogP contribution in [0.25, 0.3) is 0 Å². The molecule has 1 saturated heterocycles. The molecule has 3 N–H and O–H groups in total. The average molecular weight is 335 g/mol. The Labute approximate surface area is 129 Å². The van der Waals surface area contributed by atoms with Crippen LogP contribution in [0.5, 0.6) is 0 Å². The predicted octanol–water partition coefficient (Wildman–Crippen LogP) is 1.00. The van der Waals surface area contributed by atoms with E-state index < -0.39 is 16.1 Å². The molecule has 0 bridgehead atoms. The summed E-state index contributed by atoms with van der Waals surface area (Å²) in [5.74, 6) is 0. The number of hydrogen-bond donors (Lipinski definition) is 2. The van der Waals surface area contributed by atoms with E-state index in [0.717, 1.165) is 0 Å². The molecule has 21 heavy (non-hydrogen) atoms. The number of ether oxygens (including phenoxy) is 1. The van der Waals surface area contributed by atoms with Crippen LogP contribution in [0, 0.1) is 6.92 Å². The molecule has 2 unspecified atom stereocenters. The molecule has 0 saturated carbocycles. The highest BCUT2D eigenvalue weighted by Crippen LogP contribution is 2.29. The van der Waals surface area contributed by atoms with Gasteiger partial charge in [0.2, 0.25) is 10.0 Å². The number of aliphatic hydroxyl groups is 1. The Balaban J connectivity index is 2.37. The van der Waals surface area contributed by atoms with Crippen LogP contribution in [0.3, 0.4) is 0 Å². The van der Waals surface area contributed by atoms with Gasteiger partial charge in [-0.3, -0.25) is 0 Å². The van der Waals surface area contributed by atoms with E-state index in [2.05, 4.69) is 0 Å². The lowest BCUT2D eigenvalue weighted by molar-refractivity contribution is -0.0750. The van der Waals surface area contributed by atoms with Crippen molar-refractivity contribution in [3.63, 3.8) is 0 Å². The zero-order chi connectivity index (χ0) is 15.8. The molecule has 6 nitrogen and oxygen atoms in total. The van der Waals surface area contributed by atoms with Gasteiger partial charge in [0, 0.05) is 13.1 Å². The third kappa shape index (κ3) is 3.32. The van der Waals surface area contributed by atoms with Crippen LogP contribution < -0.4 is 5.73 Å². The number of anilines is 1. The monoisotopic (exact) mass is 334 g/mol. The fourth-order valence-corrected chi connectivity index (χ4v) is 4.14. The summed E-state index contributed by atoms with van der Waals surface area (Å²) < 4.78 is 32.2. The van der Waals surface area contributed by atoms with Crippen molar-refractivity contribution in [1.29, 1.82) is 0 Å². The number of halogens is 1. The molecule has 0 spiro atoms. The molecule has 0 aromatic heterocycles. The Bertz CT molecular complexity index is 612. The molecule has 1 fully saturated rings. The van der Waals surface area contributed by atoms with Crippen LogP contribution in [-0.2, 0) is 14.8 Å². The van der Waals surface area contributed by atoms with E-state index in [-0.39, 0.29) is 36.4 Å². The van der Waals surface area contributed by atoms with Crippen LogP contribution in [0.15, 0.2) is 17.0 Å². The summed E-state index contributed by atoms with van der Waals surface area (Å²) >= 11 is 5.97. The Hall–Kier alpha value is -0.860. The van der Waals surface area contributed by atoms with Crippen molar-refractivity contribution in [2.75, 3.05) is 25.4 Å². The molecule has 8 heteroatoms. The Morgan fingerprint density at radius 1 is 1.48 bits per heavy atom. The second-order valence-electron chi connectivity index (χ2n) is 5.22. The molecular weight excluding hydrogens is 316 g/mol. The Morgan fingerprint density at radius 3 is 2.71 bits per heavy atom. The first kappa shape index (κ1) is 16.5. The number of aryl methyl sites for hydroxylation is 1. The molecular formula is C13H19ClN2O4S. The van der Waals surface area contributed by atoms with Gasteiger partial charge in [0.25, 0.3) is 0 Å². The minimum atomic E-state index is -3.70. The molecule has 1 aromatic rings. The first-order valence-electron chi connectivity index (χ1n) is 6.57. The summed E-state index contributed by atoms with van der Waals surface area (Å²) in [6.45, 7) is 3.60. The molecule has 0 amide bonds. The van der Waals surface area contributed by atoms with E-state index in [9.17, 15) is 13.5 Å². The molecule has 0 aliphatic carbocycles. The standard InChI is InChI=1S/C13H19ClN2O4S/c1-8-3-11(4-12(15)13(8)14)21(18,19)16-5-9(2)20-10(6-16)7-17/h3-4,9-10,17H,5-7,15H2,1-2H3. The molecule has 0 radical (unpaired) electrons. The number of nitrogen functional groups attached to an aromatic ring is 1. The van der Waals surface area contributed by atoms with E-state index in [1.165, 1.54) is 16.4 Å². The summed E-state index contributed by atoms with van der Waals surface area (Å²) in [5.41, 5.74) is 6.59. The fraction of sp³-hybridized carbons (Fsp3) is 0.538. The van der Waals surface area contributed by atoms with Crippen molar-refractivity contribution in [2.45, 2.75) is 31.0 Å². The van der Waals surface area contributed by atoms with Gasteiger partial charge in [-0.15, -0.1) is 0 Å². The number of aliphatic hydroxyl groups excluding tert-OH is 1. The summed E-state index contributed by atoms with van der Waals surface area (Å²) in [6.07, 6.45) is -0.800. The van der Waals surface area contributed by atoms with Gasteiger partial charge < -0.3 is 15.6 Å². The number of nitrogens with two attached hydrogens (primary N) is 1. The van der Waals surface area contributed by atoms with E-state index in [0.29, 0.717) is 10.6 Å². The van der Waals surface area contributed by atoms with Crippen LogP contribution in [0.2, 0.25) is 5.02 Å². The number of sulfonamides is 1. The van der Waals surface area contributed by atoms with Crippen molar-refractivity contribution in [1.82, 2.24) is 4.31 Å². The molecule has 118 valence electrons. The summed E-state index contributed by atoms with van der Waals surface area (Å²) in [6, 6.07) is 2.86. The highest BCUT2D eigenvalue weighted by atomic mass is 35.5. The van der Waals surface area contributed by atoms with Crippen LogP contribution in [-0.4, -0.2) is 49.7 Å². The van der Waals surface area contributed by atoms with E-state index in [1.807, 2.05) is 0 Å². The average Bonchev–Trinajstić information content (AvgIpc) is 2.43. The van der Waals surface area contributed by atoms with Crippen LogP contribution in [0.1, 0.15) is 12.5 Å². The topological polar surface area (TPSA) is 92.9 Å². The highest BCUT2D eigenvalue weighted by Gasteiger charge is 2.34. The molecule has 2 rings (SSSR count). The molecule has 1 aliphatic heterocycles. The predicted molar refractivity (Wildman–Crippen MR) is 80.8 cm³/mol. The first-order valence-corrected chi connectivity index (χ1v) is 8.39. The van der Waals surface area contributed by atoms with Gasteiger partial charge >= 0.3 is 0 Å². The lowest BCUT2D eigenvalue weighted by Gasteiger charge is -2.35.